The smallest absolute Gasteiger partial charge is 0.255 e. The average Bonchev–Trinajstić information content (AvgIpc) is 2.61. The number of nitrogens with two attached hydrogens (primary N) is 1. The number of rotatable bonds is 7. The molecule has 0 saturated carbocycles. The van der Waals surface area contributed by atoms with Crippen LogP contribution in [-0.2, 0) is 6.54 Å². The first-order valence-electron chi connectivity index (χ1n) is 8.03. The maximum atomic E-state index is 14.4. The van der Waals surface area contributed by atoms with Crippen molar-refractivity contribution in [3.8, 4) is 17.6 Å². The standard InChI is InChI=1S/C19H19F2N3O2/c1-2-3-4-5-11-26-15-8-6-7-13(17(15)21)12-23-19(25)14-9-10-16(20)24-18(14)22/h6-10H,4-5,11-12H2,1H3,(H2,22,24)(H,23,25). The van der Waals surface area contributed by atoms with Crippen molar-refractivity contribution < 1.29 is 18.3 Å². The SMILES string of the molecule is CC#CCCCOc1cccc(CNC(=O)c2ccc(F)nc2N)c1F. The Bertz CT molecular complexity index is 844. The molecule has 1 heterocycles. The van der Waals surface area contributed by atoms with E-state index >= 15 is 0 Å². The summed E-state index contributed by atoms with van der Waals surface area (Å²) in [4.78, 5) is 15.5. The molecule has 2 aromatic rings. The van der Waals surface area contributed by atoms with Crippen LogP contribution >= 0.6 is 0 Å². The maximum Gasteiger partial charge on any atom is 0.255 e. The van der Waals surface area contributed by atoms with Crippen LogP contribution in [0.15, 0.2) is 30.3 Å². The summed E-state index contributed by atoms with van der Waals surface area (Å²) in [6.45, 7) is 2.03. The highest BCUT2D eigenvalue weighted by Crippen LogP contribution is 2.21. The predicted molar refractivity (Wildman–Crippen MR) is 94.4 cm³/mol. The molecule has 0 saturated heterocycles. The van der Waals surface area contributed by atoms with Crippen molar-refractivity contribution in [2.45, 2.75) is 26.3 Å². The summed E-state index contributed by atoms with van der Waals surface area (Å²) in [6.07, 6.45) is 1.37. The van der Waals surface area contributed by atoms with E-state index in [0.29, 0.717) is 19.4 Å². The number of halogens is 2. The molecule has 26 heavy (non-hydrogen) atoms. The first kappa shape index (κ1) is 19.2. The Morgan fingerprint density at radius 2 is 2.12 bits per heavy atom. The monoisotopic (exact) mass is 359 g/mol. The summed E-state index contributed by atoms with van der Waals surface area (Å²) >= 11 is 0. The van der Waals surface area contributed by atoms with Gasteiger partial charge in [0.2, 0.25) is 5.95 Å². The quantitative estimate of drug-likeness (QED) is 0.453. The number of carbonyl (C=O) groups is 1. The van der Waals surface area contributed by atoms with Gasteiger partial charge in [-0.25, -0.2) is 9.37 Å². The number of hydrogen-bond acceptors (Lipinski definition) is 4. The normalized spacial score (nSPS) is 9.96. The summed E-state index contributed by atoms with van der Waals surface area (Å²) in [5, 5.41) is 2.53. The van der Waals surface area contributed by atoms with Crippen molar-refractivity contribution in [1.29, 1.82) is 0 Å². The van der Waals surface area contributed by atoms with Crippen LogP contribution < -0.4 is 15.8 Å². The molecule has 136 valence electrons. The summed E-state index contributed by atoms with van der Waals surface area (Å²) < 4.78 is 32.8. The number of anilines is 1. The minimum absolute atomic E-state index is 0.0243. The highest BCUT2D eigenvalue weighted by molar-refractivity contribution is 5.98. The van der Waals surface area contributed by atoms with E-state index in [4.69, 9.17) is 10.5 Å². The maximum absolute atomic E-state index is 14.4. The van der Waals surface area contributed by atoms with Gasteiger partial charge in [0.1, 0.15) is 5.82 Å². The molecule has 0 atom stereocenters. The van der Waals surface area contributed by atoms with Gasteiger partial charge in [-0.3, -0.25) is 4.79 Å². The highest BCUT2D eigenvalue weighted by atomic mass is 19.1. The Kier molecular flexibility index (Phi) is 6.92. The average molecular weight is 359 g/mol. The van der Waals surface area contributed by atoms with E-state index in [1.807, 2.05) is 0 Å². The van der Waals surface area contributed by atoms with Gasteiger partial charge >= 0.3 is 0 Å². The highest BCUT2D eigenvalue weighted by Gasteiger charge is 2.14. The Hall–Kier alpha value is -3.14. The first-order chi connectivity index (χ1) is 12.5. The van der Waals surface area contributed by atoms with E-state index in [1.165, 1.54) is 18.2 Å². The fourth-order valence-electron chi connectivity index (χ4n) is 2.18. The number of aromatic nitrogens is 1. The van der Waals surface area contributed by atoms with Gasteiger partial charge in [0.05, 0.1) is 12.2 Å². The lowest BCUT2D eigenvalue weighted by Gasteiger charge is -2.11. The molecule has 0 radical (unpaired) electrons. The van der Waals surface area contributed by atoms with E-state index in [0.717, 1.165) is 6.07 Å². The van der Waals surface area contributed by atoms with Crippen LogP contribution in [-0.4, -0.2) is 17.5 Å². The Morgan fingerprint density at radius 3 is 2.85 bits per heavy atom. The second-order valence-corrected chi connectivity index (χ2v) is 5.36. The lowest BCUT2D eigenvalue weighted by atomic mass is 10.2. The number of hydrogen-bond donors (Lipinski definition) is 2. The molecule has 0 aliphatic heterocycles. The van der Waals surface area contributed by atoms with Gasteiger partial charge in [-0.1, -0.05) is 12.1 Å². The van der Waals surface area contributed by atoms with E-state index in [2.05, 4.69) is 22.1 Å². The van der Waals surface area contributed by atoms with Crippen LogP contribution in [0.25, 0.3) is 0 Å². The molecule has 0 unspecified atom stereocenters. The molecule has 1 amide bonds. The first-order valence-corrected chi connectivity index (χ1v) is 8.03. The van der Waals surface area contributed by atoms with Crippen LogP contribution in [0.2, 0.25) is 0 Å². The molecule has 0 aliphatic carbocycles. The van der Waals surface area contributed by atoms with Gasteiger partial charge in [-0.05, 0) is 31.5 Å². The number of amides is 1. The number of nitrogen functional groups attached to an aromatic ring is 1. The summed E-state index contributed by atoms with van der Waals surface area (Å²) in [6, 6.07) is 6.95. The van der Waals surface area contributed by atoms with Crippen molar-refractivity contribution in [2.24, 2.45) is 0 Å². The minimum Gasteiger partial charge on any atom is -0.490 e. The van der Waals surface area contributed by atoms with Gasteiger partial charge in [0, 0.05) is 18.5 Å². The van der Waals surface area contributed by atoms with E-state index in [-0.39, 0.29) is 29.2 Å². The molecular weight excluding hydrogens is 340 g/mol. The molecule has 0 spiro atoms. The molecule has 7 heteroatoms. The Balaban J connectivity index is 1.97. The summed E-state index contributed by atoms with van der Waals surface area (Å²) in [5.74, 6) is 3.69. The van der Waals surface area contributed by atoms with Gasteiger partial charge in [0.15, 0.2) is 11.6 Å². The second kappa shape index (κ2) is 9.37. The number of nitrogens with one attached hydrogen (secondary N) is 1. The van der Waals surface area contributed by atoms with Crippen LogP contribution in [0, 0.1) is 23.6 Å². The fourth-order valence-corrected chi connectivity index (χ4v) is 2.18. The van der Waals surface area contributed by atoms with Crippen molar-refractivity contribution in [2.75, 3.05) is 12.3 Å². The molecule has 1 aromatic carbocycles. The molecule has 3 N–H and O–H groups in total. The Labute approximate surface area is 150 Å². The topological polar surface area (TPSA) is 77.2 Å². The number of unbranched alkanes of at least 4 members (excludes halogenated alkanes) is 1. The number of carbonyl (C=O) groups excluding carboxylic acids is 1. The van der Waals surface area contributed by atoms with Gasteiger partial charge in [-0.15, -0.1) is 11.8 Å². The summed E-state index contributed by atoms with van der Waals surface area (Å²) in [7, 11) is 0. The van der Waals surface area contributed by atoms with Crippen molar-refractivity contribution in [3.63, 3.8) is 0 Å². The van der Waals surface area contributed by atoms with E-state index in [9.17, 15) is 13.6 Å². The van der Waals surface area contributed by atoms with Gasteiger partial charge in [0.25, 0.3) is 5.91 Å². The largest absolute Gasteiger partial charge is 0.490 e. The molecule has 0 fully saturated rings. The zero-order valence-corrected chi connectivity index (χ0v) is 14.3. The van der Waals surface area contributed by atoms with Crippen molar-refractivity contribution >= 4 is 11.7 Å². The summed E-state index contributed by atoms with van der Waals surface area (Å²) in [5.41, 5.74) is 5.81. The Morgan fingerprint density at radius 1 is 1.31 bits per heavy atom. The molecule has 1 aromatic heterocycles. The lowest BCUT2D eigenvalue weighted by molar-refractivity contribution is 0.0951. The van der Waals surface area contributed by atoms with Gasteiger partial charge in [-0.2, -0.15) is 4.39 Å². The third kappa shape index (κ3) is 5.18. The third-order valence-corrected chi connectivity index (χ3v) is 3.50. The number of pyridine rings is 1. The van der Waals surface area contributed by atoms with Crippen LogP contribution in [0.4, 0.5) is 14.6 Å². The molecular formula is C19H19F2N3O2. The van der Waals surface area contributed by atoms with E-state index in [1.54, 1.807) is 13.0 Å². The fraction of sp³-hybridized carbons (Fsp3) is 0.263. The second-order valence-electron chi connectivity index (χ2n) is 5.36. The lowest BCUT2D eigenvalue weighted by Crippen LogP contribution is -2.25. The molecule has 0 aliphatic rings. The zero-order valence-electron chi connectivity index (χ0n) is 14.3. The van der Waals surface area contributed by atoms with E-state index < -0.39 is 17.7 Å². The zero-order chi connectivity index (χ0) is 18.9. The number of ether oxygens (including phenoxy) is 1. The van der Waals surface area contributed by atoms with Gasteiger partial charge < -0.3 is 15.8 Å². The van der Waals surface area contributed by atoms with Crippen LogP contribution in [0.1, 0.15) is 35.7 Å². The van der Waals surface area contributed by atoms with Crippen molar-refractivity contribution in [1.82, 2.24) is 10.3 Å². The third-order valence-electron chi connectivity index (χ3n) is 3.50. The van der Waals surface area contributed by atoms with Crippen LogP contribution in [0.5, 0.6) is 5.75 Å². The van der Waals surface area contributed by atoms with Crippen LogP contribution in [0.3, 0.4) is 0 Å². The minimum atomic E-state index is -0.778. The van der Waals surface area contributed by atoms with Crippen molar-refractivity contribution in [3.05, 3.63) is 53.2 Å². The number of nitrogens with zero attached hydrogens (tertiary/aromatic N) is 1. The molecule has 2 rings (SSSR count). The molecule has 5 nitrogen and oxygen atoms in total. The predicted octanol–water partition coefficient (Wildman–Crippen LogP) is 3.05. The number of benzene rings is 1. The molecule has 0 bridgehead atoms.